The van der Waals surface area contributed by atoms with Gasteiger partial charge in [-0.25, -0.2) is 9.97 Å². The maximum absolute atomic E-state index is 9.91. The fraction of sp³-hybridized carbons (Fsp3) is 0.789. The van der Waals surface area contributed by atoms with Gasteiger partial charge in [0.2, 0.25) is 8.32 Å². The molecule has 0 amide bonds. The van der Waals surface area contributed by atoms with E-state index in [1.165, 1.54) is 6.33 Å². The van der Waals surface area contributed by atoms with E-state index in [9.17, 15) is 5.11 Å². The fourth-order valence-electron chi connectivity index (χ4n) is 4.74. The molecule has 2 N–H and O–H groups in total. The van der Waals surface area contributed by atoms with Crippen LogP contribution in [0.25, 0.3) is 0 Å². The summed E-state index contributed by atoms with van der Waals surface area (Å²) in [6, 6.07) is 3.27. The molecule has 0 aliphatic heterocycles. The predicted molar refractivity (Wildman–Crippen MR) is 104 cm³/mol. The Morgan fingerprint density at radius 1 is 1.20 bits per heavy atom. The SMILES string of the molecule is CC(C)[Si](O[C@H]1C[C@H](Nc2[c]cncn2)C[C@@H]1CO)(C(C)C)C(C)C. The maximum Gasteiger partial charge on any atom is 0.200 e. The second kappa shape index (κ2) is 8.60. The number of aliphatic hydroxyl groups is 1. The molecule has 1 saturated carbocycles. The van der Waals surface area contributed by atoms with Crippen molar-refractivity contribution in [2.75, 3.05) is 11.9 Å². The van der Waals surface area contributed by atoms with Gasteiger partial charge in [0.25, 0.3) is 0 Å². The Morgan fingerprint density at radius 2 is 1.84 bits per heavy atom. The van der Waals surface area contributed by atoms with Crippen molar-refractivity contribution in [3.8, 4) is 0 Å². The lowest BCUT2D eigenvalue weighted by atomic mass is 10.1. The highest BCUT2D eigenvalue weighted by molar-refractivity contribution is 6.77. The van der Waals surface area contributed by atoms with Crippen LogP contribution in [0.4, 0.5) is 5.82 Å². The van der Waals surface area contributed by atoms with Crippen molar-refractivity contribution in [2.45, 2.75) is 83.2 Å². The topological polar surface area (TPSA) is 67.3 Å². The van der Waals surface area contributed by atoms with E-state index in [1.54, 1.807) is 6.20 Å². The summed E-state index contributed by atoms with van der Waals surface area (Å²) in [5, 5.41) is 13.3. The number of rotatable bonds is 8. The van der Waals surface area contributed by atoms with Crippen molar-refractivity contribution in [2.24, 2.45) is 5.92 Å². The van der Waals surface area contributed by atoms with Gasteiger partial charge in [0.05, 0.1) is 6.10 Å². The summed E-state index contributed by atoms with van der Waals surface area (Å²) in [5.74, 6) is 0.903. The number of aromatic nitrogens is 2. The molecule has 0 aromatic carbocycles. The summed E-state index contributed by atoms with van der Waals surface area (Å²) < 4.78 is 6.95. The van der Waals surface area contributed by atoms with Gasteiger partial charge in [-0.2, -0.15) is 0 Å². The summed E-state index contributed by atoms with van der Waals surface area (Å²) in [6.07, 6.45) is 5.07. The molecule has 6 heteroatoms. The highest BCUT2D eigenvalue weighted by atomic mass is 28.4. The number of anilines is 1. The molecular weight excluding hydrogens is 330 g/mol. The van der Waals surface area contributed by atoms with E-state index < -0.39 is 8.32 Å². The third-order valence-electron chi connectivity index (χ3n) is 5.80. The normalized spacial score (nSPS) is 24.5. The first kappa shape index (κ1) is 20.3. The molecule has 1 heterocycles. The quantitative estimate of drug-likeness (QED) is 0.682. The lowest BCUT2D eigenvalue weighted by molar-refractivity contribution is 0.0941. The van der Waals surface area contributed by atoms with Gasteiger partial charge in [-0.3, -0.25) is 0 Å². The third kappa shape index (κ3) is 4.41. The molecule has 2 rings (SSSR count). The molecule has 141 valence electrons. The first-order valence-corrected chi connectivity index (χ1v) is 11.7. The Morgan fingerprint density at radius 3 is 2.32 bits per heavy atom. The van der Waals surface area contributed by atoms with Gasteiger partial charge in [-0.15, -0.1) is 0 Å². The zero-order valence-electron chi connectivity index (χ0n) is 16.5. The Balaban J connectivity index is 2.14. The first-order valence-electron chi connectivity index (χ1n) is 9.54. The monoisotopic (exact) mass is 364 g/mol. The summed E-state index contributed by atoms with van der Waals surface area (Å²) in [6.45, 7) is 14.0. The Kier molecular flexibility index (Phi) is 6.99. The van der Waals surface area contributed by atoms with Crippen LogP contribution in [0.15, 0.2) is 12.5 Å². The summed E-state index contributed by atoms with van der Waals surface area (Å²) in [7, 11) is -1.94. The molecule has 0 bridgehead atoms. The minimum atomic E-state index is -1.94. The largest absolute Gasteiger partial charge is 0.413 e. The Bertz CT molecular complexity index is 503. The van der Waals surface area contributed by atoms with Crippen molar-refractivity contribution in [3.05, 3.63) is 18.6 Å². The van der Waals surface area contributed by atoms with Crippen LogP contribution in [0, 0.1) is 12.0 Å². The molecule has 0 saturated heterocycles. The van der Waals surface area contributed by atoms with Crippen molar-refractivity contribution in [1.29, 1.82) is 0 Å². The van der Waals surface area contributed by atoms with Crippen molar-refractivity contribution >= 4 is 14.1 Å². The van der Waals surface area contributed by atoms with Gasteiger partial charge in [-0.1, -0.05) is 41.5 Å². The smallest absolute Gasteiger partial charge is 0.200 e. The van der Waals surface area contributed by atoms with Crippen molar-refractivity contribution in [3.63, 3.8) is 0 Å². The van der Waals surface area contributed by atoms with Gasteiger partial charge in [0, 0.05) is 30.8 Å². The molecule has 1 fully saturated rings. The van der Waals surface area contributed by atoms with Gasteiger partial charge in [-0.05, 0) is 29.5 Å². The Hall–Kier alpha value is -0.983. The average molecular weight is 365 g/mol. The fourth-order valence-corrected chi connectivity index (χ4v) is 10.4. The van der Waals surface area contributed by atoms with Gasteiger partial charge < -0.3 is 14.8 Å². The van der Waals surface area contributed by atoms with Gasteiger partial charge >= 0.3 is 0 Å². The molecule has 1 radical (unpaired) electrons. The van der Waals surface area contributed by atoms with Crippen LogP contribution in [0.5, 0.6) is 0 Å². The number of nitrogens with zero attached hydrogens (tertiary/aromatic N) is 2. The predicted octanol–water partition coefficient (Wildman–Crippen LogP) is 4.02. The highest BCUT2D eigenvalue weighted by Gasteiger charge is 2.49. The highest BCUT2D eigenvalue weighted by Crippen LogP contribution is 2.45. The van der Waals surface area contributed by atoms with Crippen molar-refractivity contribution in [1.82, 2.24) is 9.97 Å². The van der Waals surface area contributed by atoms with Crippen LogP contribution in [0.3, 0.4) is 0 Å². The number of hydrogen-bond acceptors (Lipinski definition) is 5. The van der Waals surface area contributed by atoms with E-state index in [2.05, 4.69) is 62.9 Å². The van der Waals surface area contributed by atoms with Crippen LogP contribution in [-0.2, 0) is 4.43 Å². The Labute approximate surface area is 153 Å². The lowest BCUT2D eigenvalue weighted by Crippen LogP contribution is -2.51. The van der Waals surface area contributed by atoms with E-state index in [1.807, 2.05) is 0 Å². The number of nitrogens with one attached hydrogen (secondary N) is 1. The van der Waals surface area contributed by atoms with E-state index in [-0.39, 0.29) is 24.7 Å². The number of hydrogen-bond donors (Lipinski definition) is 2. The molecule has 0 spiro atoms. The summed E-state index contributed by atoms with van der Waals surface area (Å²) >= 11 is 0. The van der Waals surface area contributed by atoms with E-state index >= 15 is 0 Å². The van der Waals surface area contributed by atoms with Crippen LogP contribution in [0.2, 0.25) is 16.6 Å². The molecule has 1 aliphatic rings. The zero-order chi connectivity index (χ0) is 18.6. The van der Waals surface area contributed by atoms with Crippen molar-refractivity contribution < 1.29 is 9.53 Å². The molecule has 25 heavy (non-hydrogen) atoms. The molecule has 1 aliphatic carbocycles. The van der Waals surface area contributed by atoms with E-state index in [0.29, 0.717) is 16.6 Å². The summed E-state index contributed by atoms with van der Waals surface area (Å²) in [5.41, 5.74) is 1.65. The van der Waals surface area contributed by atoms with Gasteiger partial charge in [0.15, 0.2) is 0 Å². The molecular formula is C19H34N3O2Si. The second-order valence-corrected chi connectivity index (χ2v) is 13.7. The minimum Gasteiger partial charge on any atom is -0.413 e. The molecule has 0 unspecified atom stereocenters. The number of aliphatic hydroxyl groups excluding tert-OH is 1. The standard InChI is InChI=1S/C19H34N3O2Si/c1-13(2)25(14(3)4,15(5)6)24-18-10-17(9-16(18)11-23)22-19-7-8-20-12-21-19/h8,12-18,23H,9-11H2,1-6H3,(H,20,21,22)/t16-,17-,18+/m1/s1. The van der Waals surface area contributed by atoms with Gasteiger partial charge in [0.1, 0.15) is 12.1 Å². The van der Waals surface area contributed by atoms with E-state index in [0.717, 1.165) is 18.7 Å². The van der Waals surface area contributed by atoms with Crippen LogP contribution in [0.1, 0.15) is 54.4 Å². The molecule has 1 aromatic heterocycles. The third-order valence-corrected chi connectivity index (χ3v) is 11.9. The summed E-state index contributed by atoms with van der Waals surface area (Å²) in [4.78, 5) is 8.11. The molecule has 3 atom stereocenters. The first-order chi connectivity index (χ1) is 11.8. The molecule has 5 nitrogen and oxygen atoms in total. The second-order valence-electron chi connectivity index (χ2n) is 8.24. The maximum atomic E-state index is 9.91. The van der Waals surface area contributed by atoms with E-state index in [4.69, 9.17) is 4.43 Å². The van der Waals surface area contributed by atoms with Crippen LogP contribution in [-0.4, -0.2) is 42.1 Å². The molecule has 1 aromatic rings. The van der Waals surface area contributed by atoms with Crippen LogP contribution < -0.4 is 5.32 Å². The van der Waals surface area contributed by atoms with Crippen LogP contribution >= 0.6 is 0 Å². The minimum absolute atomic E-state index is 0.114. The lowest BCUT2D eigenvalue weighted by Gasteiger charge is -2.45. The zero-order valence-corrected chi connectivity index (χ0v) is 17.5. The average Bonchev–Trinajstić information content (AvgIpc) is 2.93.